The normalized spacial score (nSPS) is 14.5. The van der Waals surface area contributed by atoms with Crippen molar-refractivity contribution in [3.05, 3.63) is 101 Å². The molecule has 3 aromatic rings. The molecule has 8 nitrogen and oxygen atoms in total. The Hall–Kier alpha value is -3.98. The van der Waals surface area contributed by atoms with E-state index < -0.39 is 22.0 Å². The van der Waals surface area contributed by atoms with Gasteiger partial charge in [0, 0.05) is 32.5 Å². The molecule has 0 bridgehead atoms. The average Bonchev–Trinajstić information content (AvgIpc) is 3.12. The topological polar surface area (TPSA) is 104 Å². The number of aryl methyl sites for hydroxylation is 1. The highest BCUT2D eigenvalue weighted by Crippen LogP contribution is 2.30. The smallest absolute Gasteiger partial charge is 0.269 e. The Balaban J connectivity index is 1.56. The molecule has 0 saturated carbocycles. The lowest BCUT2D eigenvalue weighted by Crippen LogP contribution is -2.50. The lowest BCUT2D eigenvalue weighted by atomic mass is 10.0. The van der Waals surface area contributed by atoms with Crippen molar-refractivity contribution >= 4 is 27.7 Å². The highest BCUT2D eigenvalue weighted by molar-refractivity contribution is 7.90. The minimum absolute atomic E-state index is 0.0123. The van der Waals surface area contributed by atoms with Gasteiger partial charge in [0.15, 0.2) is 0 Å². The van der Waals surface area contributed by atoms with Gasteiger partial charge in [-0.1, -0.05) is 66.7 Å². The molecule has 1 atom stereocenters. The minimum atomic E-state index is -3.95. The zero-order valence-electron chi connectivity index (χ0n) is 22.2. The Labute approximate surface area is 229 Å². The molecule has 39 heavy (non-hydrogen) atoms. The van der Waals surface area contributed by atoms with Gasteiger partial charge >= 0.3 is 0 Å². The molecular weight excluding hydrogens is 514 g/mol. The van der Waals surface area contributed by atoms with Gasteiger partial charge in [-0.2, -0.15) is 0 Å². The van der Waals surface area contributed by atoms with Gasteiger partial charge in [0.1, 0.15) is 10.9 Å². The van der Waals surface area contributed by atoms with Crippen molar-refractivity contribution in [1.82, 2.24) is 14.5 Å². The molecular formula is C30H33N3O5S. The van der Waals surface area contributed by atoms with Crippen LogP contribution in [0.1, 0.15) is 46.8 Å². The summed E-state index contributed by atoms with van der Waals surface area (Å²) < 4.78 is 26.7. The number of amides is 3. The van der Waals surface area contributed by atoms with Crippen LogP contribution in [0.3, 0.4) is 0 Å². The number of nitrogens with one attached hydrogen (secondary N) is 1. The number of hydrogen-bond acceptors (Lipinski definition) is 5. The summed E-state index contributed by atoms with van der Waals surface area (Å²) >= 11 is 0. The predicted molar refractivity (Wildman–Crippen MR) is 148 cm³/mol. The number of benzene rings is 3. The Kier molecular flexibility index (Phi) is 8.81. The van der Waals surface area contributed by atoms with Crippen LogP contribution in [-0.2, 0) is 32.6 Å². The molecule has 0 unspecified atom stereocenters. The van der Waals surface area contributed by atoms with Crippen LogP contribution in [0, 0.1) is 6.92 Å². The molecule has 0 aromatic heterocycles. The first kappa shape index (κ1) is 28.0. The number of fused-ring (bicyclic) bond motifs is 1. The van der Waals surface area contributed by atoms with Crippen LogP contribution in [-0.4, -0.2) is 54.5 Å². The zero-order chi connectivity index (χ0) is 28.0. The standard InChI is InChI=1S/C30H33N3O5S/c1-3-31-29(35)26(20-23-13-5-4-6-14-23)32(21-24-15-8-7-12-22(24)2)28(34)18-11-19-33-30(36)25-16-9-10-17-27(25)39(33,37)38/h4-10,12-17,26H,3,11,18-21H2,1-2H3,(H,31,35)/t26-/m1/s1. The summed E-state index contributed by atoms with van der Waals surface area (Å²) in [6.45, 7) is 4.32. The molecule has 1 aliphatic rings. The second-order valence-corrected chi connectivity index (χ2v) is 11.4. The van der Waals surface area contributed by atoms with Crippen LogP contribution >= 0.6 is 0 Å². The van der Waals surface area contributed by atoms with Crippen molar-refractivity contribution in [2.75, 3.05) is 13.1 Å². The van der Waals surface area contributed by atoms with Gasteiger partial charge in [-0.3, -0.25) is 14.4 Å². The third-order valence-corrected chi connectivity index (χ3v) is 8.73. The molecule has 0 saturated heterocycles. The van der Waals surface area contributed by atoms with Gasteiger partial charge in [0.05, 0.1) is 5.56 Å². The first-order valence-electron chi connectivity index (χ1n) is 13.1. The van der Waals surface area contributed by atoms with E-state index in [1.165, 1.54) is 12.1 Å². The molecule has 1 aliphatic heterocycles. The van der Waals surface area contributed by atoms with E-state index in [0.29, 0.717) is 13.0 Å². The Morgan fingerprint density at radius 1 is 0.949 bits per heavy atom. The molecule has 1 heterocycles. The van der Waals surface area contributed by atoms with Gasteiger partial charge in [-0.25, -0.2) is 12.7 Å². The summed E-state index contributed by atoms with van der Waals surface area (Å²) in [7, 11) is -3.95. The van der Waals surface area contributed by atoms with E-state index in [4.69, 9.17) is 0 Å². The lowest BCUT2D eigenvalue weighted by molar-refractivity contribution is -0.141. The van der Waals surface area contributed by atoms with Crippen molar-refractivity contribution in [2.45, 2.75) is 50.6 Å². The molecule has 4 rings (SSSR count). The second kappa shape index (κ2) is 12.3. The fourth-order valence-corrected chi connectivity index (χ4v) is 6.39. The van der Waals surface area contributed by atoms with Gasteiger partial charge in [-0.05, 0) is 49.1 Å². The largest absolute Gasteiger partial charge is 0.355 e. The Morgan fingerprint density at radius 3 is 2.31 bits per heavy atom. The van der Waals surface area contributed by atoms with Crippen molar-refractivity contribution < 1.29 is 22.8 Å². The van der Waals surface area contributed by atoms with Crippen molar-refractivity contribution in [3.8, 4) is 0 Å². The van der Waals surface area contributed by atoms with Crippen LogP contribution in [0.2, 0.25) is 0 Å². The van der Waals surface area contributed by atoms with Crippen molar-refractivity contribution in [3.63, 3.8) is 0 Å². The van der Waals surface area contributed by atoms with Gasteiger partial charge in [0.2, 0.25) is 11.8 Å². The quantitative estimate of drug-likeness (QED) is 0.394. The molecule has 1 N–H and O–H groups in total. The van der Waals surface area contributed by atoms with E-state index >= 15 is 0 Å². The fraction of sp³-hybridized carbons (Fsp3) is 0.300. The molecule has 0 fully saturated rings. The minimum Gasteiger partial charge on any atom is -0.355 e. The first-order chi connectivity index (χ1) is 18.7. The highest BCUT2D eigenvalue weighted by Gasteiger charge is 2.40. The van der Waals surface area contributed by atoms with E-state index in [0.717, 1.165) is 21.0 Å². The van der Waals surface area contributed by atoms with Crippen LogP contribution in [0.5, 0.6) is 0 Å². The number of carbonyl (C=O) groups excluding carboxylic acids is 3. The number of hydrogen-bond donors (Lipinski definition) is 1. The maximum Gasteiger partial charge on any atom is 0.269 e. The third-order valence-electron chi connectivity index (χ3n) is 6.89. The van der Waals surface area contributed by atoms with Crippen molar-refractivity contribution in [2.24, 2.45) is 0 Å². The lowest BCUT2D eigenvalue weighted by Gasteiger charge is -2.32. The van der Waals surface area contributed by atoms with Crippen molar-refractivity contribution in [1.29, 1.82) is 0 Å². The van der Waals surface area contributed by atoms with Gasteiger partial charge in [0.25, 0.3) is 15.9 Å². The molecule has 3 amide bonds. The van der Waals surface area contributed by atoms with Gasteiger partial charge in [-0.15, -0.1) is 0 Å². The Bertz CT molecular complexity index is 1460. The van der Waals surface area contributed by atoms with E-state index in [2.05, 4.69) is 5.32 Å². The van der Waals surface area contributed by atoms with E-state index in [-0.39, 0.29) is 48.2 Å². The number of sulfonamides is 1. The predicted octanol–water partition coefficient (Wildman–Crippen LogP) is 3.70. The van der Waals surface area contributed by atoms with Crippen LogP contribution in [0.15, 0.2) is 83.8 Å². The monoisotopic (exact) mass is 547 g/mol. The summed E-state index contributed by atoms with van der Waals surface area (Å²) in [6, 6.07) is 22.6. The summed E-state index contributed by atoms with van der Waals surface area (Å²) in [5, 5.41) is 2.86. The van der Waals surface area contributed by atoms with Crippen LogP contribution in [0.25, 0.3) is 0 Å². The number of likely N-dealkylation sites (N-methyl/N-ethyl adjacent to an activating group) is 1. The molecule has 0 radical (unpaired) electrons. The van der Waals surface area contributed by atoms with Gasteiger partial charge < -0.3 is 10.2 Å². The molecule has 0 spiro atoms. The van der Waals surface area contributed by atoms with Crippen LogP contribution < -0.4 is 5.32 Å². The summed E-state index contributed by atoms with van der Waals surface area (Å²) in [5.41, 5.74) is 2.98. The SMILES string of the molecule is CCNC(=O)[C@@H](Cc1ccccc1)N(Cc1ccccc1C)C(=O)CCCN1C(=O)c2ccccc2S1(=O)=O. The average molecular weight is 548 g/mol. The van der Waals surface area contributed by atoms with E-state index in [9.17, 15) is 22.8 Å². The zero-order valence-corrected chi connectivity index (χ0v) is 23.0. The Morgan fingerprint density at radius 2 is 1.62 bits per heavy atom. The highest BCUT2D eigenvalue weighted by atomic mass is 32.2. The van der Waals surface area contributed by atoms with E-state index in [1.807, 2.05) is 68.4 Å². The molecule has 9 heteroatoms. The molecule has 0 aliphatic carbocycles. The first-order valence-corrected chi connectivity index (χ1v) is 14.5. The number of rotatable bonds is 11. The summed E-state index contributed by atoms with van der Waals surface area (Å²) in [4.78, 5) is 41.3. The van der Waals surface area contributed by atoms with Crippen LogP contribution in [0.4, 0.5) is 0 Å². The fourth-order valence-electron chi connectivity index (χ4n) is 4.79. The molecule has 204 valence electrons. The number of carbonyl (C=O) groups is 3. The van der Waals surface area contributed by atoms with E-state index in [1.54, 1.807) is 17.0 Å². The maximum atomic E-state index is 13.7. The number of nitrogens with zero attached hydrogens (tertiary/aromatic N) is 2. The third kappa shape index (κ3) is 6.20. The summed E-state index contributed by atoms with van der Waals surface area (Å²) in [5.74, 6) is -1.12. The second-order valence-electron chi connectivity index (χ2n) is 9.53. The maximum absolute atomic E-state index is 13.7. The summed E-state index contributed by atoms with van der Waals surface area (Å²) in [6.07, 6.45) is 0.445. The molecule has 3 aromatic carbocycles.